The monoisotopic (exact) mass is 666 g/mol. The second-order valence-corrected chi connectivity index (χ2v) is 12.1. The summed E-state index contributed by atoms with van der Waals surface area (Å²) in [6, 6.07) is 1.75. The molecule has 0 bridgehead atoms. The van der Waals surface area contributed by atoms with E-state index < -0.39 is 40.2 Å². The fraction of sp³-hybridized carbons (Fsp3) is 0.517. The maximum absolute atomic E-state index is 14.0. The second kappa shape index (κ2) is 12.9. The zero-order valence-corrected chi connectivity index (χ0v) is 26.5. The van der Waals surface area contributed by atoms with Gasteiger partial charge in [0.2, 0.25) is 11.7 Å². The van der Waals surface area contributed by atoms with Crippen molar-refractivity contribution in [2.45, 2.75) is 58.9 Å². The maximum Gasteiger partial charge on any atom is 0.433 e. The first-order valence-electron chi connectivity index (χ1n) is 14.7. The Morgan fingerprint density at radius 2 is 1.83 bits per heavy atom. The molecular formula is C29H34ClF3N8O5. The molecule has 0 unspecified atom stereocenters. The fourth-order valence-electron chi connectivity index (χ4n) is 5.25. The molecular weight excluding hydrogens is 633 g/mol. The molecule has 0 saturated carbocycles. The van der Waals surface area contributed by atoms with Gasteiger partial charge in [-0.3, -0.25) is 9.59 Å². The minimum Gasteiger partial charge on any atom is -0.444 e. The van der Waals surface area contributed by atoms with Gasteiger partial charge in [-0.05, 0) is 51.3 Å². The number of hydrogen-bond donors (Lipinski definition) is 1. The lowest BCUT2D eigenvalue weighted by Gasteiger charge is -2.37. The molecule has 1 saturated heterocycles. The quantitative estimate of drug-likeness (QED) is 0.387. The number of amides is 2. The van der Waals surface area contributed by atoms with E-state index >= 15 is 0 Å². The lowest BCUT2D eigenvalue weighted by Crippen LogP contribution is -2.51. The summed E-state index contributed by atoms with van der Waals surface area (Å²) in [6.45, 7) is 8.87. The molecule has 5 heterocycles. The van der Waals surface area contributed by atoms with E-state index in [0.717, 1.165) is 22.2 Å². The molecule has 2 aliphatic heterocycles. The Morgan fingerprint density at radius 1 is 1.11 bits per heavy atom. The van der Waals surface area contributed by atoms with Crippen LogP contribution in [0.1, 0.15) is 51.3 Å². The summed E-state index contributed by atoms with van der Waals surface area (Å²) in [5, 5.41) is 6.51. The molecule has 5 rings (SSSR count). The smallest absolute Gasteiger partial charge is 0.433 e. The molecule has 17 heteroatoms. The van der Waals surface area contributed by atoms with Crippen LogP contribution in [-0.4, -0.2) is 86.0 Å². The van der Waals surface area contributed by atoms with Gasteiger partial charge in [0.05, 0.1) is 24.6 Å². The number of carbonyl (C=O) groups excluding carboxylic acids is 2. The molecule has 2 aliphatic rings. The number of hydrogen-bond acceptors (Lipinski definition) is 9. The number of piperazine rings is 1. The molecule has 1 N–H and O–H groups in total. The number of fused-ring (bicyclic) bond motifs is 1. The third kappa shape index (κ3) is 7.12. The van der Waals surface area contributed by atoms with Gasteiger partial charge in [0, 0.05) is 26.2 Å². The Hall–Kier alpha value is -4.18. The number of halogens is 4. The number of carbonyl (C=O) groups is 2. The van der Waals surface area contributed by atoms with Gasteiger partial charge in [0.1, 0.15) is 23.5 Å². The molecule has 3 aromatic heterocycles. The van der Waals surface area contributed by atoms with Crippen molar-refractivity contribution in [3.05, 3.63) is 50.9 Å². The molecule has 1 fully saturated rings. The van der Waals surface area contributed by atoms with E-state index in [1.165, 1.54) is 0 Å². The molecule has 2 amide bonds. The average Bonchev–Trinajstić information content (AvgIpc) is 3.45. The number of aromatic nitrogens is 5. The van der Waals surface area contributed by atoms with Crippen molar-refractivity contribution in [1.29, 1.82) is 0 Å². The molecule has 0 spiro atoms. The summed E-state index contributed by atoms with van der Waals surface area (Å²) in [5.74, 6) is -0.204. The Balaban J connectivity index is 1.51. The standard InChI is InChI=1S/C29H34ClF3N8O5/c1-5-19-22(38-10-12-39(13-11-38)27(44)46-28(2,3)4)25(43)41-26(36-24(37-41)17-8-14-45-15-9-17)40(19)16-21(42)34-18-6-7-20(29(31,32)33)35-23(18)30/h6-8H,5,9-16H2,1-4H3,(H,34,42). The molecule has 13 nitrogen and oxygen atoms in total. The molecule has 0 aliphatic carbocycles. The maximum atomic E-state index is 14.0. The van der Waals surface area contributed by atoms with Crippen LogP contribution < -0.4 is 15.8 Å². The molecule has 0 aromatic carbocycles. The zero-order valence-electron chi connectivity index (χ0n) is 25.8. The lowest BCUT2D eigenvalue weighted by atomic mass is 10.1. The molecule has 46 heavy (non-hydrogen) atoms. The topological polar surface area (TPSA) is 136 Å². The summed E-state index contributed by atoms with van der Waals surface area (Å²) >= 11 is 5.98. The normalized spacial score (nSPS) is 16.0. The highest BCUT2D eigenvalue weighted by Gasteiger charge is 2.34. The van der Waals surface area contributed by atoms with Crippen molar-refractivity contribution in [1.82, 2.24) is 29.0 Å². The Morgan fingerprint density at radius 3 is 2.41 bits per heavy atom. The number of alkyl halides is 3. The van der Waals surface area contributed by atoms with Crippen molar-refractivity contribution < 1.29 is 32.2 Å². The van der Waals surface area contributed by atoms with E-state index in [0.29, 0.717) is 69.4 Å². The highest BCUT2D eigenvalue weighted by Crippen LogP contribution is 2.31. The first-order valence-corrected chi connectivity index (χ1v) is 15.1. The van der Waals surface area contributed by atoms with E-state index in [-0.39, 0.29) is 18.0 Å². The van der Waals surface area contributed by atoms with Crippen LogP contribution in [0.15, 0.2) is 23.0 Å². The van der Waals surface area contributed by atoms with Crippen molar-refractivity contribution in [3.63, 3.8) is 0 Å². The van der Waals surface area contributed by atoms with Crippen LogP contribution >= 0.6 is 11.6 Å². The Kier molecular flexibility index (Phi) is 9.31. The molecule has 0 radical (unpaired) electrons. The first-order chi connectivity index (χ1) is 21.7. The predicted molar refractivity (Wildman–Crippen MR) is 163 cm³/mol. The number of nitrogens with one attached hydrogen (secondary N) is 1. The number of ether oxygens (including phenoxy) is 2. The third-order valence-electron chi connectivity index (χ3n) is 7.37. The molecule has 3 aromatic rings. The SMILES string of the molecule is CCc1c(N2CCN(C(=O)OC(C)(C)C)CC2)c(=O)n2nc(C3=CCOCC3)nc2n1CC(=O)Nc1ccc(C(F)(F)F)nc1Cl. The predicted octanol–water partition coefficient (Wildman–Crippen LogP) is 4.02. The van der Waals surface area contributed by atoms with Crippen LogP contribution in [0.5, 0.6) is 0 Å². The van der Waals surface area contributed by atoms with Crippen molar-refractivity contribution >= 4 is 46.3 Å². The minimum absolute atomic E-state index is 0.109. The van der Waals surface area contributed by atoms with Gasteiger partial charge in [-0.15, -0.1) is 5.10 Å². The highest BCUT2D eigenvalue weighted by molar-refractivity contribution is 6.32. The number of nitrogens with zero attached hydrogens (tertiary/aromatic N) is 7. The van der Waals surface area contributed by atoms with Crippen LogP contribution in [0.3, 0.4) is 0 Å². The van der Waals surface area contributed by atoms with Gasteiger partial charge in [-0.2, -0.15) is 22.7 Å². The summed E-state index contributed by atoms with van der Waals surface area (Å²) in [7, 11) is 0. The summed E-state index contributed by atoms with van der Waals surface area (Å²) < 4.78 is 52.8. The van der Waals surface area contributed by atoms with E-state index in [9.17, 15) is 27.6 Å². The zero-order chi connectivity index (χ0) is 33.4. The first kappa shape index (κ1) is 33.2. The van der Waals surface area contributed by atoms with Crippen LogP contribution in [0.4, 0.5) is 29.3 Å². The van der Waals surface area contributed by atoms with Gasteiger partial charge in [0.25, 0.3) is 5.56 Å². The number of rotatable bonds is 6. The van der Waals surface area contributed by atoms with Crippen LogP contribution in [0, 0.1) is 0 Å². The summed E-state index contributed by atoms with van der Waals surface area (Å²) in [4.78, 5) is 51.5. The van der Waals surface area contributed by atoms with Crippen LogP contribution in [0.2, 0.25) is 5.15 Å². The van der Waals surface area contributed by atoms with E-state index in [2.05, 4.69) is 20.4 Å². The van der Waals surface area contributed by atoms with Crippen molar-refractivity contribution in [2.75, 3.05) is 49.6 Å². The molecule has 0 atom stereocenters. The van der Waals surface area contributed by atoms with E-state index in [1.807, 2.05) is 17.9 Å². The fourth-order valence-corrected chi connectivity index (χ4v) is 5.45. The minimum atomic E-state index is -4.70. The van der Waals surface area contributed by atoms with E-state index in [1.54, 1.807) is 30.2 Å². The average molecular weight is 667 g/mol. The van der Waals surface area contributed by atoms with Gasteiger partial charge in [-0.1, -0.05) is 24.6 Å². The number of pyridine rings is 1. The second-order valence-electron chi connectivity index (χ2n) is 11.8. The van der Waals surface area contributed by atoms with Crippen LogP contribution in [-0.2, 0) is 33.4 Å². The van der Waals surface area contributed by atoms with Gasteiger partial charge >= 0.3 is 12.3 Å². The summed E-state index contributed by atoms with van der Waals surface area (Å²) in [5.41, 5.74) is -0.806. The van der Waals surface area contributed by atoms with Gasteiger partial charge in [-0.25, -0.2) is 9.78 Å². The van der Waals surface area contributed by atoms with Gasteiger partial charge < -0.3 is 29.2 Å². The van der Waals surface area contributed by atoms with Crippen molar-refractivity contribution in [3.8, 4) is 0 Å². The third-order valence-corrected chi connectivity index (χ3v) is 7.66. The van der Waals surface area contributed by atoms with Crippen LogP contribution in [0.25, 0.3) is 11.4 Å². The molecule has 248 valence electrons. The largest absolute Gasteiger partial charge is 0.444 e. The van der Waals surface area contributed by atoms with E-state index in [4.69, 9.17) is 21.1 Å². The summed E-state index contributed by atoms with van der Waals surface area (Å²) in [6.07, 6.45) is -2.47. The Bertz CT molecular complexity index is 1740. The van der Waals surface area contributed by atoms with Crippen molar-refractivity contribution in [2.24, 2.45) is 0 Å². The number of anilines is 2. The lowest BCUT2D eigenvalue weighted by molar-refractivity contribution is -0.141. The van der Waals surface area contributed by atoms with Gasteiger partial charge in [0.15, 0.2) is 11.0 Å². The Labute approximate surface area is 266 Å². The highest BCUT2D eigenvalue weighted by atomic mass is 35.5.